The molecular weight excluding hydrogens is 325 g/mol. The molecule has 4 heteroatoms. The van der Waals surface area contributed by atoms with Crippen molar-refractivity contribution in [3.63, 3.8) is 0 Å². The van der Waals surface area contributed by atoms with Crippen molar-refractivity contribution < 1.29 is 0 Å². The highest BCUT2D eigenvalue weighted by atomic mass is 127. The molecule has 2 rings (SSSR count). The summed E-state index contributed by atoms with van der Waals surface area (Å²) in [7, 11) is 1.88. The zero-order valence-electron chi connectivity index (χ0n) is 9.44. The largest absolute Gasteiger partial charge is 0.380 e. The number of benzene rings is 1. The second-order valence-corrected chi connectivity index (χ2v) is 4.95. The molecule has 0 radical (unpaired) electrons. The SMILES string of the molecule is Cn1cc(CNc2ccccc2I)cc1C#N. The van der Waals surface area contributed by atoms with Crippen LogP contribution in [0.1, 0.15) is 11.3 Å². The molecule has 0 aliphatic carbocycles. The second-order valence-electron chi connectivity index (χ2n) is 3.79. The van der Waals surface area contributed by atoms with E-state index in [1.54, 1.807) is 0 Å². The van der Waals surface area contributed by atoms with Crippen LogP contribution in [0.25, 0.3) is 0 Å². The van der Waals surface area contributed by atoms with Crippen LogP contribution >= 0.6 is 22.6 Å². The van der Waals surface area contributed by atoms with E-state index in [-0.39, 0.29) is 0 Å². The Bertz CT molecular complexity index is 566. The Balaban J connectivity index is 2.08. The first-order valence-corrected chi connectivity index (χ1v) is 6.32. The highest BCUT2D eigenvalue weighted by Gasteiger charge is 2.03. The van der Waals surface area contributed by atoms with Gasteiger partial charge in [0.2, 0.25) is 0 Å². The lowest BCUT2D eigenvalue weighted by atomic mass is 10.3. The van der Waals surface area contributed by atoms with Gasteiger partial charge in [0.15, 0.2) is 0 Å². The summed E-state index contributed by atoms with van der Waals surface area (Å²) in [6.45, 7) is 0.732. The van der Waals surface area contributed by atoms with Crippen LogP contribution in [0.4, 0.5) is 5.69 Å². The highest BCUT2D eigenvalue weighted by Crippen LogP contribution is 2.18. The van der Waals surface area contributed by atoms with Crippen LogP contribution in [0.3, 0.4) is 0 Å². The molecule has 0 amide bonds. The van der Waals surface area contributed by atoms with Gasteiger partial charge in [0, 0.05) is 29.0 Å². The Labute approximate surface area is 114 Å². The fraction of sp³-hybridized carbons (Fsp3) is 0.154. The summed E-state index contributed by atoms with van der Waals surface area (Å²) in [5.41, 5.74) is 2.92. The van der Waals surface area contributed by atoms with Crippen LogP contribution in [-0.4, -0.2) is 4.57 Å². The summed E-state index contributed by atoms with van der Waals surface area (Å²) < 4.78 is 3.04. The van der Waals surface area contributed by atoms with E-state index in [4.69, 9.17) is 5.26 Å². The van der Waals surface area contributed by atoms with Crippen LogP contribution in [0.2, 0.25) is 0 Å². The molecule has 0 bridgehead atoms. The molecule has 0 atom stereocenters. The number of nitriles is 1. The fourth-order valence-electron chi connectivity index (χ4n) is 1.64. The van der Waals surface area contributed by atoms with E-state index in [1.165, 1.54) is 3.57 Å². The number of hydrogen-bond acceptors (Lipinski definition) is 2. The summed E-state index contributed by atoms with van der Waals surface area (Å²) in [6.07, 6.45) is 1.97. The van der Waals surface area contributed by atoms with E-state index < -0.39 is 0 Å². The first-order chi connectivity index (χ1) is 8.20. The van der Waals surface area contributed by atoms with Crippen LogP contribution in [-0.2, 0) is 13.6 Å². The summed E-state index contributed by atoms with van der Waals surface area (Å²) in [4.78, 5) is 0. The van der Waals surface area contributed by atoms with E-state index in [0.29, 0.717) is 5.69 Å². The number of nitrogens with one attached hydrogen (secondary N) is 1. The van der Waals surface area contributed by atoms with Crippen LogP contribution in [0.5, 0.6) is 0 Å². The smallest absolute Gasteiger partial charge is 0.120 e. The zero-order chi connectivity index (χ0) is 12.3. The maximum absolute atomic E-state index is 8.87. The Morgan fingerprint density at radius 2 is 2.18 bits per heavy atom. The third-order valence-corrected chi connectivity index (χ3v) is 3.47. The van der Waals surface area contributed by atoms with E-state index >= 15 is 0 Å². The lowest BCUT2D eigenvalue weighted by Crippen LogP contribution is -1.99. The molecular formula is C13H12IN3. The van der Waals surface area contributed by atoms with Crippen LogP contribution in [0, 0.1) is 14.9 Å². The predicted octanol–water partition coefficient (Wildman–Crippen LogP) is 3.11. The molecule has 86 valence electrons. The highest BCUT2D eigenvalue weighted by molar-refractivity contribution is 14.1. The molecule has 0 saturated carbocycles. The lowest BCUT2D eigenvalue weighted by molar-refractivity contribution is 0.902. The Morgan fingerprint density at radius 1 is 1.41 bits per heavy atom. The molecule has 0 fully saturated rings. The molecule has 1 N–H and O–H groups in total. The van der Waals surface area contributed by atoms with Crippen molar-refractivity contribution in [2.45, 2.75) is 6.54 Å². The minimum atomic E-state index is 0.685. The summed E-state index contributed by atoms with van der Waals surface area (Å²) in [5, 5.41) is 12.2. The molecule has 0 spiro atoms. The number of aromatic nitrogens is 1. The van der Waals surface area contributed by atoms with Gasteiger partial charge in [0.05, 0.1) is 0 Å². The minimum absolute atomic E-state index is 0.685. The molecule has 1 heterocycles. The van der Waals surface area contributed by atoms with Gasteiger partial charge in [-0.25, -0.2) is 0 Å². The number of anilines is 1. The van der Waals surface area contributed by atoms with Gasteiger partial charge < -0.3 is 9.88 Å². The minimum Gasteiger partial charge on any atom is -0.380 e. The fourth-order valence-corrected chi connectivity index (χ4v) is 2.22. The Kier molecular flexibility index (Phi) is 3.69. The van der Waals surface area contributed by atoms with Gasteiger partial charge >= 0.3 is 0 Å². The first-order valence-electron chi connectivity index (χ1n) is 5.24. The monoisotopic (exact) mass is 337 g/mol. The maximum Gasteiger partial charge on any atom is 0.120 e. The van der Waals surface area contributed by atoms with Gasteiger partial charge in [0.25, 0.3) is 0 Å². The summed E-state index contributed by atoms with van der Waals surface area (Å²) in [6, 6.07) is 12.2. The summed E-state index contributed by atoms with van der Waals surface area (Å²) >= 11 is 2.30. The van der Waals surface area contributed by atoms with Crippen molar-refractivity contribution >= 4 is 28.3 Å². The molecule has 0 unspecified atom stereocenters. The third kappa shape index (κ3) is 2.80. The number of aryl methyl sites for hydroxylation is 1. The van der Waals surface area contributed by atoms with Crippen LogP contribution < -0.4 is 5.32 Å². The topological polar surface area (TPSA) is 40.8 Å². The van der Waals surface area contributed by atoms with E-state index in [9.17, 15) is 0 Å². The van der Waals surface area contributed by atoms with Gasteiger partial charge in [-0.3, -0.25) is 0 Å². The van der Waals surface area contributed by atoms with Crippen molar-refractivity contribution in [3.8, 4) is 6.07 Å². The number of rotatable bonds is 3. The van der Waals surface area contributed by atoms with Crippen molar-refractivity contribution in [1.29, 1.82) is 5.26 Å². The molecule has 2 aromatic rings. The molecule has 0 saturated heterocycles. The standard InChI is InChI=1S/C13H12IN3/c1-17-9-10(6-11(17)7-15)8-16-13-5-3-2-4-12(13)14/h2-6,9,16H,8H2,1H3. The molecule has 0 aliphatic heterocycles. The van der Waals surface area contributed by atoms with Crippen molar-refractivity contribution in [2.75, 3.05) is 5.32 Å². The predicted molar refractivity (Wildman–Crippen MR) is 76.6 cm³/mol. The molecule has 0 aliphatic rings. The molecule has 3 nitrogen and oxygen atoms in total. The second kappa shape index (κ2) is 5.23. The number of nitrogens with zero attached hydrogens (tertiary/aromatic N) is 2. The number of para-hydroxylation sites is 1. The number of hydrogen-bond donors (Lipinski definition) is 1. The van der Waals surface area contributed by atoms with Gasteiger partial charge in [-0.15, -0.1) is 0 Å². The Hall–Kier alpha value is -1.48. The average Bonchev–Trinajstić information content (AvgIpc) is 2.69. The van der Waals surface area contributed by atoms with E-state index in [0.717, 1.165) is 17.8 Å². The van der Waals surface area contributed by atoms with Crippen molar-refractivity contribution in [3.05, 3.63) is 51.4 Å². The Morgan fingerprint density at radius 3 is 2.82 bits per heavy atom. The zero-order valence-corrected chi connectivity index (χ0v) is 11.6. The lowest BCUT2D eigenvalue weighted by Gasteiger charge is -2.06. The number of halogens is 1. The third-order valence-electron chi connectivity index (χ3n) is 2.53. The average molecular weight is 337 g/mol. The quantitative estimate of drug-likeness (QED) is 0.875. The van der Waals surface area contributed by atoms with E-state index in [2.05, 4.69) is 46.1 Å². The summed E-state index contributed by atoms with van der Waals surface area (Å²) in [5.74, 6) is 0. The molecule has 1 aromatic heterocycles. The molecule has 1 aromatic carbocycles. The normalized spacial score (nSPS) is 9.94. The van der Waals surface area contributed by atoms with Gasteiger partial charge in [0.1, 0.15) is 11.8 Å². The van der Waals surface area contributed by atoms with E-state index in [1.807, 2.05) is 36.0 Å². The maximum atomic E-state index is 8.87. The molecule has 17 heavy (non-hydrogen) atoms. The van der Waals surface area contributed by atoms with Crippen LogP contribution in [0.15, 0.2) is 36.5 Å². The first kappa shape index (κ1) is 12.0. The van der Waals surface area contributed by atoms with Crippen molar-refractivity contribution in [1.82, 2.24) is 4.57 Å². The van der Waals surface area contributed by atoms with Crippen molar-refractivity contribution in [2.24, 2.45) is 7.05 Å². The van der Waals surface area contributed by atoms with Gasteiger partial charge in [-0.2, -0.15) is 5.26 Å². The van der Waals surface area contributed by atoms with Gasteiger partial charge in [-0.1, -0.05) is 12.1 Å². The van der Waals surface area contributed by atoms with Gasteiger partial charge in [-0.05, 0) is 46.4 Å².